The van der Waals surface area contributed by atoms with Gasteiger partial charge in [0.1, 0.15) is 17.3 Å². The normalized spacial score (nSPS) is 13.6. The van der Waals surface area contributed by atoms with Crippen LogP contribution in [0.25, 0.3) is 11.3 Å². The van der Waals surface area contributed by atoms with Gasteiger partial charge in [0.25, 0.3) is 5.91 Å². The van der Waals surface area contributed by atoms with Crippen molar-refractivity contribution in [3.05, 3.63) is 64.7 Å². The molecule has 39 heavy (non-hydrogen) atoms. The highest BCUT2D eigenvalue weighted by molar-refractivity contribution is 6.02. The molecule has 0 radical (unpaired) electrons. The van der Waals surface area contributed by atoms with Crippen molar-refractivity contribution in [3.8, 4) is 11.3 Å². The Bertz CT molecular complexity index is 1380. The number of hydrogen-bond donors (Lipinski definition) is 4. The number of carbonyl (C=O) groups excluding carboxylic acids is 2. The lowest BCUT2D eigenvalue weighted by Crippen LogP contribution is -2.43. The number of para-hydroxylation sites is 1. The average molecular weight is 540 g/mol. The fourth-order valence-electron chi connectivity index (χ4n) is 4.12. The number of aliphatic hydroxyl groups excluding tert-OH is 1. The lowest BCUT2D eigenvalue weighted by Gasteiger charge is -2.31. The minimum Gasteiger partial charge on any atom is -0.392 e. The van der Waals surface area contributed by atoms with Crippen molar-refractivity contribution in [1.82, 2.24) is 25.5 Å². The SMILES string of the molecule is Cc1ccc(C(=O)NC[C@H](C)O)cc1-c1nc(NCCN(C)C)nc2c1CNC(=O)N2c1c(F)cccc1F. The molecular formula is C27H31F2N7O3. The van der Waals surface area contributed by atoms with E-state index in [1.807, 2.05) is 25.9 Å². The average Bonchev–Trinajstić information content (AvgIpc) is 2.88. The van der Waals surface area contributed by atoms with E-state index >= 15 is 0 Å². The number of nitrogens with zero attached hydrogens (tertiary/aromatic N) is 4. The minimum atomic E-state index is -0.923. The Hall–Kier alpha value is -4.16. The van der Waals surface area contributed by atoms with Gasteiger partial charge in [-0.05, 0) is 57.8 Å². The fraction of sp³-hybridized carbons (Fsp3) is 0.333. The Kier molecular flexibility index (Phi) is 8.36. The number of nitrogens with one attached hydrogen (secondary N) is 3. The number of aryl methyl sites for hydroxylation is 1. The van der Waals surface area contributed by atoms with Crippen molar-refractivity contribution < 1.29 is 23.5 Å². The molecular weight excluding hydrogens is 508 g/mol. The molecule has 0 saturated heterocycles. The lowest BCUT2D eigenvalue weighted by atomic mass is 9.97. The molecule has 0 aliphatic carbocycles. The fourth-order valence-corrected chi connectivity index (χ4v) is 4.12. The van der Waals surface area contributed by atoms with E-state index in [4.69, 9.17) is 4.98 Å². The van der Waals surface area contributed by atoms with Gasteiger partial charge in [-0.1, -0.05) is 12.1 Å². The number of aliphatic hydroxyl groups is 1. The maximum atomic E-state index is 14.9. The summed E-state index contributed by atoms with van der Waals surface area (Å²) >= 11 is 0. The number of hydrogen-bond acceptors (Lipinski definition) is 7. The molecule has 0 saturated carbocycles. The standard InChI is InChI=1S/C27H31F2N7O3/c1-15-8-9-17(25(38)31-13-16(2)37)12-18(15)22-19-14-32-27(39)36(23-20(28)6-5-7-21(23)29)24(19)34-26(33-22)30-10-11-35(3)4/h5-9,12,16,37H,10-11,13-14H2,1-4H3,(H,31,38)(H,32,39)(H,30,33,34)/t16-/m0/s1. The Morgan fingerprint density at radius 3 is 2.59 bits per heavy atom. The molecule has 4 N–H and O–H groups in total. The summed E-state index contributed by atoms with van der Waals surface area (Å²) in [6, 6.07) is 7.68. The Labute approximate surface area is 225 Å². The van der Waals surface area contributed by atoms with E-state index in [9.17, 15) is 23.5 Å². The third kappa shape index (κ3) is 6.13. The van der Waals surface area contributed by atoms with Gasteiger partial charge < -0.3 is 26.0 Å². The summed E-state index contributed by atoms with van der Waals surface area (Å²) < 4.78 is 29.7. The van der Waals surface area contributed by atoms with Crippen LogP contribution < -0.4 is 20.9 Å². The molecule has 0 spiro atoms. The second kappa shape index (κ2) is 11.7. The van der Waals surface area contributed by atoms with Crippen LogP contribution in [-0.2, 0) is 6.54 Å². The third-order valence-corrected chi connectivity index (χ3v) is 6.13. The smallest absolute Gasteiger partial charge is 0.328 e. The summed E-state index contributed by atoms with van der Waals surface area (Å²) in [6.45, 7) is 4.62. The molecule has 206 valence electrons. The van der Waals surface area contributed by atoms with Crippen molar-refractivity contribution in [3.63, 3.8) is 0 Å². The van der Waals surface area contributed by atoms with Gasteiger partial charge in [-0.3, -0.25) is 4.79 Å². The van der Waals surface area contributed by atoms with E-state index in [0.717, 1.165) is 22.6 Å². The lowest BCUT2D eigenvalue weighted by molar-refractivity contribution is 0.0924. The molecule has 3 aromatic rings. The molecule has 12 heteroatoms. The van der Waals surface area contributed by atoms with Crippen molar-refractivity contribution >= 4 is 29.4 Å². The summed E-state index contributed by atoms with van der Waals surface area (Å²) in [6.07, 6.45) is -0.711. The molecule has 10 nitrogen and oxygen atoms in total. The number of rotatable bonds is 9. The van der Waals surface area contributed by atoms with Gasteiger partial charge in [-0.25, -0.2) is 23.5 Å². The maximum absolute atomic E-state index is 14.9. The number of anilines is 3. The van der Waals surface area contributed by atoms with Gasteiger partial charge in [0.05, 0.1) is 18.3 Å². The number of benzene rings is 2. The molecule has 0 fully saturated rings. The number of urea groups is 1. The monoisotopic (exact) mass is 539 g/mol. The van der Waals surface area contributed by atoms with Gasteiger partial charge in [-0.2, -0.15) is 4.98 Å². The number of fused-ring (bicyclic) bond motifs is 1. The number of aromatic nitrogens is 2. The molecule has 1 atom stereocenters. The first-order valence-electron chi connectivity index (χ1n) is 12.5. The topological polar surface area (TPSA) is 123 Å². The van der Waals surface area contributed by atoms with Gasteiger partial charge in [0.2, 0.25) is 5.95 Å². The number of likely N-dealkylation sites (N-methyl/N-ethyl adjacent to an activating group) is 1. The van der Waals surface area contributed by atoms with Gasteiger partial charge >= 0.3 is 6.03 Å². The zero-order chi connectivity index (χ0) is 28.3. The summed E-state index contributed by atoms with van der Waals surface area (Å²) in [5.74, 6) is -2.04. The zero-order valence-corrected chi connectivity index (χ0v) is 22.2. The van der Waals surface area contributed by atoms with Gasteiger partial charge in [0.15, 0.2) is 5.82 Å². The van der Waals surface area contributed by atoms with E-state index in [1.165, 1.54) is 6.07 Å². The summed E-state index contributed by atoms with van der Waals surface area (Å²) in [5, 5.41) is 18.0. The predicted molar refractivity (Wildman–Crippen MR) is 144 cm³/mol. The molecule has 0 unspecified atom stereocenters. The van der Waals surface area contributed by atoms with E-state index in [2.05, 4.69) is 20.9 Å². The Morgan fingerprint density at radius 1 is 1.21 bits per heavy atom. The van der Waals surface area contributed by atoms with Crippen molar-refractivity contribution in [2.45, 2.75) is 26.5 Å². The van der Waals surface area contributed by atoms with Crippen LogP contribution in [0.2, 0.25) is 0 Å². The zero-order valence-electron chi connectivity index (χ0n) is 22.2. The van der Waals surface area contributed by atoms with Crippen LogP contribution in [0.4, 0.5) is 31.0 Å². The van der Waals surface area contributed by atoms with E-state index in [-0.39, 0.29) is 30.8 Å². The number of carbonyl (C=O) groups is 2. The van der Waals surface area contributed by atoms with Crippen molar-refractivity contribution in [2.75, 3.05) is 43.9 Å². The van der Waals surface area contributed by atoms with Crippen LogP contribution >= 0.6 is 0 Å². The molecule has 3 amide bonds. The second-order valence-electron chi connectivity index (χ2n) is 9.58. The Balaban J connectivity index is 1.88. The first kappa shape index (κ1) is 27.9. The highest BCUT2D eigenvalue weighted by Crippen LogP contribution is 2.39. The van der Waals surface area contributed by atoms with E-state index in [0.29, 0.717) is 35.5 Å². The van der Waals surface area contributed by atoms with Crippen molar-refractivity contribution in [2.24, 2.45) is 0 Å². The second-order valence-corrected chi connectivity index (χ2v) is 9.58. The van der Waals surface area contributed by atoms with Crippen LogP contribution in [-0.4, -0.2) is 71.7 Å². The largest absolute Gasteiger partial charge is 0.392 e. The van der Waals surface area contributed by atoms with Gasteiger partial charge in [-0.15, -0.1) is 0 Å². The number of amides is 3. The first-order chi connectivity index (χ1) is 18.6. The minimum absolute atomic E-state index is 0.00589. The third-order valence-electron chi connectivity index (χ3n) is 6.13. The van der Waals surface area contributed by atoms with Crippen LogP contribution in [0, 0.1) is 18.6 Å². The van der Waals surface area contributed by atoms with Gasteiger partial charge in [0, 0.05) is 36.3 Å². The highest BCUT2D eigenvalue weighted by Gasteiger charge is 2.34. The van der Waals surface area contributed by atoms with E-state index in [1.54, 1.807) is 25.1 Å². The predicted octanol–water partition coefficient (Wildman–Crippen LogP) is 3.18. The molecule has 2 heterocycles. The Morgan fingerprint density at radius 2 is 1.92 bits per heavy atom. The first-order valence-corrected chi connectivity index (χ1v) is 12.5. The van der Waals surface area contributed by atoms with E-state index < -0.39 is 29.5 Å². The molecule has 1 aliphatic rings. The highest BCUT2D eigenvalue weighted by atomic mass is 19.1. The van der Waals surface area contributed by atoms with Crippen LogP contribution in [0.3, 0.4) is 0 Å². The summed E-state index contributed by atoms with van der Waals surface area (Å²) in [7, 11) is 3.82. The number of halogens is 2. The van der Waals surface area contributed by atoms with Crippen LogP contribution in [0.15, 0.2) is 36.4 Å². The molecule has 4 rings (SSSR count). The molecule has 0 bridgehead atoms. The molecule has 2 aromatic carbocycles. The quantitative estimate of drug-likeness (QED) is 0.329. The van der Waals surface area contributed by atoms with Crippen LogP contribution in [0.5, 0.6) is 0 Å². The molecule has 1 aliphatic heterocycles. The van der Waals surface area contributed by atoms with Crippen LogP contribution in [0.1, 0.15) is 28.4 Å². The summed E-state index contributed by atoms with van der Waals surface area (Å²) in [5.41, 5.74) is 1.98. The maximum Gasteiger partial charge on any atom is 0.328 e. The molecule has 1 aromatic heterocycles. The van der Waals surface area contributed by atoms with Crippen molar-refractivity contribution in [1.29, 1.82) is 0 Å². The summed E-state index contributed by atoms with van der Waals surface area (Å²) in [4.78, 5) is 37.8.